The monoisotopic (exact) mass is 298 g/mol. The van der Waals surface area contributed by atoms with Crippen molar-refractivity contribution in [3.05, 3.63) is 29.8 Å². The number of hydrogen-bond acceptors (Lipinski definition) is 2. The second kappa shape index (κ2) is 8.42. The van der Waals surface area contributed by atoms with Crippen molar-refractivity contribution < 1.29 is 13.0 Å². The lowest BCUT2D eigenvalue weighted by atomic mass is 9.89. The third kappa shape index (κ3) is 5.25. The van der Waals surface area contributed by atoms with Crippen molar-refractivity contribution in [3.8, 4) is 0 Å². The van der Waals surface area contributed by atoms with Gasteiger partial charge in [-0.2, -0.15) is 8.42 Å². The minimum atomic E-state index is -4.13. The van der Waals surface area contributed by atoms with Crippen LogP contribution in [0, 0.1) is 0 Å². The summed E-state index contributed by atoms with van der Waals surface area (Å²) in [7, 11) is -4.13. The minimum absolute atomic E-state index is 0.0777. The highest BCUT2D eigenvalue weighted by Crippen LogP contribution is 2.31. The topological polar surface area (TPSA) is 54.4 Å². The maximum absolute atomic E-state index is 11.5. The summed E-state index contributed by atoms with van der Waals surface area (Å²) in [5.41, 5.74) is 0.772. The van der Waals surface area contributed by atoms with Crippen molar-refractivity contribution in [1.29, 1.82) is 0 Å². The van der Waals surface area contributed by atoms with Crippen LogP contribution in [0.2, 0.25) is 0 Å². The molecule has 0 fully saturated rings. The van der Waals surface area contributed by atoms with Gasteiger partial charge in [0.15, 0.2) is 0 Å². The van der Waals surface area contributed by atoms with Crippen LogP contribution in [0.25, 0.3) is 0 Å². The molecule has 0 radical (unpaired) electrons. The molecule has 1 unspecified atom stereocenters. The van der Waals surface area contributed by atoms with Gasteiger partial charge < -0.3 is 0 Å². The van der Waals surface area contributed by atoms with Gasteiger partial charge in [-0.25, -0.2) is 0 Å². The van der Waals surface area contributed by atoms with E-state index >= 15 is 0 Å². The molecule has 0 saturated carbocycles. The standard InChI is InChI=1S/C16H26O3S/c1-3-5-6-7-11-14(10-4-2)15-12-8-9-13-16(15)20(17,18)19/h8-9,12-14H,3-7,10-11H2,1-2H3,(H,17,18,19). The van der Waals surface area contributed by atoms with Gasteiger partial charge in [-0.05, 0) is 30.4 Å². The fourth-order valence-corrected chi connectivity index (χ4v) is 3.46. The predicted molar refractivity (Wildman–Crippen MR) is 82.7 cm³/mol. The van der Waals surface area contributed by atoms with Gasteiger partial charge in [0.05, 0.1) is 4.90 Å². The molecule has 1 aromatic rings. The third-order valence-electron chi connectivity index (χ3n) is 3.68. The normalized spacial score (nSPS) is 13.3. The summed E-state index contributed by atoms with van der Waals surface area (Å²) in [5.74, 6) is 0.218. The van der Waals surface area contributed by atoms with Gasteiger partial charge in [-0.1, -0.05) is 64.2 Å². The van der Waals surface area contributed by atoms with E-state index in [4.69, 9.17) is 0 Å². The highest BCUT2D eigenvalue weighted by Gasteiger charge is 2.20. The Morgan fingerprint density at radius 2 is 1.70 bits per heavy atom. The van der Waals surface area contributed by atoms with Gasteiger partial charge in [0.1, 0.15) is 0 Å². The first-order valence-corrected chi connectivity index (χ1v) is 9.01. The first-order chi connectivity index (χ1) is 9.50. The van der Waals surface area contributed by atoms with E-state index in [1.54, 1.807) is 6.07 Å². The van der Waals surface area contributed by atoms with Crippen LogP contribution >= 0.6 is 0 Å². The highest BCUT2D eigenvalue weighted by atomic mass is 32.2. The molecule has 20 heavy (non-hydrogen) atoms. The van der Waals surface area contributed by atoms with Crippen molar-refractivity contribution >= 4 is 10.1 Å². The largest absolute Gasteiger partial charge is 0.294 e. The molecule has 3 nitrogen and oxygen atoms in total. The van der Waals surface area contributed by atoms with Crippen molar-refractivity contribution in [2.24, 2.45) is 0 Å². The summed E-state index contributed by atoms with van der Waals surface area (Å²) < 4.78 is 32.4. The lowest BCUT2D eigenvalue weighted by Gasteiger charge is -2.19. The number of hydrogen-bond donors (Lipinski definition) is 1. The minimum Gasteiger partial charge on any atom is -0.282 e. The molecule has 0 bridgehead atoms. The maximum atomic E-state index is 11.5. The average Bonchev–Trinajstić information content (AvgIpc) is 2.41. The molecule has 0 heterocycles. The summed E-state index contributed by atoms with van der Waals surface area (Å²) >= 11 is 0. The van der Waals surface area contributed by atoms with Gasteiger partial charge in [-0.15, -0.1) is 0 Å². The van der Waals surface area contributed by atoms with Crippen LogP contribution in [0.4, 0.5) is 0 Å². The van der Waals surface area contributed by atoms with E-state index in [1.165, 1.54) is 25.3 Å². The fourth-order valence-electron chi connectivity index (χ4n) is 2.67. The summed E-state index contributed by atoms with van der Waals surface area (Å²) in [6.07, 6.45) is 7.67. The maximum Gasteiger partial charge on any atom is 0.294 e. The quantitative estimate of drug-likeness (QED) is 0.527. The second-order valence-electron chi connectivity index (χ2n) is 5.35. The summed E-state index contributed by atoms with van der Waals surface area (Å²) in [4.78, 5) is 0.0777. The van der Waals surface area contributed by atoms with Crippen molar-refractivity contribution in [1.82, 2.24) is 0 Å². The van der Waals surface area contributed by atoms with Gasteiger partial charge in [0.2, 0.25) is 0 Å². The molecule has 1 atom stereocenters. The molecule has 0 aliphatic carbocycles. The molecule has 4 heteroatoms. The van der Waals surface area contributed by atoms with E-state index in [1.807, 2.05) is 12.1 Å². The zero-order chi connectivity index (χ0) is 15.0. The lowest BCUT2D eigenvalue weighted by molar-refractivity contribution is 0.474. The van der Waals surface area contributed by atoms with Crippen LogP contribution in [0.1, 0.15) is 70.3 Å². The SMILES string of the molecule is CCCCCCC(CCC)c1ccccc1S(=O)(=O)O. The van der Waals surface area contributed by atoms with Crippen LogP contribution in [0.5, 0.6) is 0 Å². The fraction of sp³-hybridized carbons (Fsp3) is 0.625. The lowest BCUT2D eigenvalue weighted by Crippen LogP contribution is -2.08. The van der Waals surface area contributed by atoms with E-state index in [0.29, 0.717) is 0 Å². The number of rotatable bonds is 9. The van der Waals surface area contributed by atoms with Gasteiger partial charge in [-0.3, -0.25) is 4.55 Å². The molecule has 0 saturated heterocycles. The van der Waals surface area contributed by atoms with Gasteiger partial charge >= 0.3 is 0 Å². The molecule has 1 aromatic carbocycles. The van der Waals surface area contributed by atoms with Crippen LogP contribution in [0.15, 0.2) is 29.2 Å². The Morgan fingerprint density at radius 1 is 1.00 bits per heavy atom. The van der Waals surface area contributed by atoms with Crippen molar-refractivity contribution in [3.63, 3.8) is 0 Å². The van der Waals surface area contributed by atoms with Crippen LogP contribution in [0.3, 0.4) is 0 Å². The number of unbranched alkanes of at least 4 members (excludes halogenated alkanes) is 3. The molecular weight excluding hydrogens is 272 g/mol. The smallest absolute Gasteiger partial charge is 0.282 e. The van der Waals surface area contributed by atoms with E-state index < -0.39 is 10.1 Å². The summed E-state index contributed by atoms with van der Waals surface area (Å²) in [6.45, 7) is 4.28. The molecule has 0 spiro atoms. The Labute approximate surface area is 123 Å². The zero-order valence-corrected chi connectivity index (χ0v) is 13.3. The zero-order valence-electron chi connectivity index (χ0n) is 12.5. The van der Waals surface area contributed by atoms with Gasteiger partial charge in [0, 0.05) is 0 Å². The van der Waals surface area contributed by atoms with E-state index in [2.05, 4.69) is 13.8 Å². The Bertz CT molecular complexity index is 494. The molecule has 0 aliphatic rings. The van der Waals surface area contributed by atoms with Crippen LogP contribution < -0.4 is 0 Å². The first kappa shape index (κ1) is 17.2. The summed E-state index contributed by atoms with van der Waals surface area (Å²) in [6, 6.07) is 6.84. The highest BCUT2D eigenvalue weighted by molar-refractivity contribution is 7.85. The first-order valence-electron chi connectivity index (χ1n) is 7.57. The van der Waals surface area contributed by atoms with E-state index in [-0.39, 0.29) is 10.8 Å². The molecule has 0 amide bonds. The predicted octanol–water partition coefficient (Wildman–Crippen LogP) is 4.79. The van der Waals surface area contributed by atoms with E-state index in [9.17, 15) is 13.0 Å². The Morgan fingerprint density at radius 3 is 2.30 bits per heavy atom. The third-order valence-corrected chi connectivity index (χ3v) is 4.61. The number of benzene rings is 1. The molecule has 1 rings (SSSR count). The molecule has 0 aromatic heterocycles. The van der Waals surface area contributed by atoms with Crippen LogP contribution in [-0.2, 0) is 10.1 Å². The Kier molecular flexibility index (Phi) is 7.24. The molecule has 114 valence electrons. The molecule has 0 aliphatic heterocycles. The average molecular weight is 298 g/mol. The van der Waals surface area contributed by atoms with E-state index in [0.717, 1.165) is 31.2 Å². The Balaban J connectivity index is 2.91. The second-order valence-corrected chi connectivity index (χ2v) is 6.74. The van der Waals surface area contributed by atoms with Crippen LogP contribution in [-0.4, -0.2) is 13.0 Å². The molecule has 1 N–H and O–H groups in total. The Hall–Kier alpha value is -0.870. The van der Waals surface area contributed by atoms with Gasteiger partial charge in [0.25, 0.3) is 10.1 Å². The molecular formula is C16H26O3S. The van der Waals surface area contributed by atoms with Crippen molar-refractivity contribution in [2.75, 3.05) is 0 Å². The van der Waals surface area contributed by atoms with Crippen molar-refractivity contribution in [2.45, 2.75) is 69.6 Å². The summed E-state index contributed by atoms with van der Waals surface area (Å²) in [5, 5.41) is 0.